The van der Waals surface area contributed by atoms with Crippen molar-refractivity contribution in [2.45, 2.75) is 18.4 Å². The largest absolute Gasteiger partial charge is 0.457 e. The van der Waals surface area contributed by atoms with Gasteiger partial charge in [-0.15, -0.1) is 0 Å². The summed E-state index contributed by atoms with van der Waals surface area (Å²) in [7, 11) is -3.47. The fraction of sp³-hybridized carbons (Fsp3) is 0.188. The fourth-order valence-corrected chi connectivity index (χ4v) is 2.75. The third-order valence-electron chi connectivity index (χ3n) is 3.00. The smallest absolute Gasteiger partial charge is 0.339 e. The molecule has 0 spiro atoms. The molecule has 2 aromatic carbocycles. The molecule has 0 unspecified atom stereocenters. The standard InChI is InChI=1S/C16H16O4S/c1-12-7-9-13(10-8-12)11-20-16(17)14-5-3-4-6-15(14)21(2,18)19/h3-10H,11H2,1-2H3. The van der Waals surface area contributed by atoms with E-state index < -0.39 is 15.8 Å². The Morgan fingerprint density at radius 3 is 2.29 bits per heavy atom. The summed E-state index contributed by atoms with van der Waals surface area (Å²) in [5.41, 5.74) is 2.03. The average molecular weight is 304 g/mol. The van der Waals surface area contributed by atoms with Crippen LogP contribution in [0.15, 0.2) is 53.4 Å². The lowest BCUT2D eigenvalue weighted by molar-refractivity contribution is 0.0468. The van der Waals surface area contributed by atoms with Gasteiger partial charge in [-0.25, -0.2) is 13.2 Å². The van der Waals surface area contributed by atoms with Gasteiger partial charge < -0.3 is 4.74 Å². The minimum absolute atomic E-state index is 0.0149. The molecule has 2 rings (SSSR count). The molecule has 21 heavy (non-hydrogen) atoms. The van der Waals surface area contributed by atoms with E-state index in [1.54, 1.807) is 12.1 Å². The van der Waals surface area contributed by atoms with Crippen LogP contribution in [0.1, 0.15) is 21.5 Å². The highest BCUT2D eigenvalue weighted by atomic mass is 32.2. The number of sulfone groups is 1. The summed E-state index contributed by atoms with van der Waals surface area (Å²) in [4.78, 5) is 12.1. The van der Waals surface area contributed by atoms with Gasteiger partial charge in [-0.3, -0.25) is 0 Å². The van der Waals surface area contributed by atoms with Crippen molar-refractivity contribution in [3.63, 3.8) is 0 Å². The van der Waals surface area contributed by atoms with Crippen molar-refractivity contribution in [3.05, 3.63) is 65.2 Å². The number of esters is 1. The molecule has 0 amide bonds. The third-order valence-corrected chi connectivity index (χ3v) is 4.15. The molecule has 0 atom stereocenters. The number of benzene rings is 2. The molecule has 4 nitrogen and oxygen atoms in total. The quantitative estimate of drug-likeness (QED) is 0.815. The van der Waals surface area contributed by atoms with Crippen LogP contribution in [0.2, 0.25) is 0 Å². The molecule has 0 heterocycles. The van der Waals surface area contributed by atoms with Gasteiger partial charge in [0.2, 0.25) is 0 Å². The Kier molecular flexibility index (Phi) is 4.43. The number of carbonyl (C=O) groups is 1. The van der Waals surface area contributed by atoms with Crippen LogP contribution >= 0.6 is 0 Å². The molecule has 110 valence electrons. The Bertz CT molecular complexity index is 746. The molecule has 5 heteroatoms. The Labute approximate surface area is 124 Å². The molecule has 0 fully saturated rings. The molecule has 0 radical (unpaired) electrons. The van der Waals surface area contributed by atoms with E-state index in [0.717, 1.165) is 17.4 Å². The van der Waals surface area contributed by atoms with E-state index in [0.29, 0.717) is 0 Å². The van der Waals surface area contributed by atoms with E-state index >= 15 is 0 Å². The Morgan fingerprint density at radius 2 is 1.67 bits per heavy atom. The van der Waals surface area contributed by atoms with E-state index in [9.17, 15) is 13.2 Å². The van der Waals surface area contributed by atoms with Crippen LogP contribution in [0, 0.1) is 6.92 Å². The molecule has 0 aliphatic carbocycles. The van der Waals surface area contributed by atoms with E-state index in [1.807, 2.05) is 31.2 Å². The van der Waals surface area contributed by atoms with Gasteiger partial charge in [0.15, 0.2) is 9.84 Å². The topological polar surface area (TPSA) is 60.4 Å². The van der Waals surface area contributed by atoms with Gasteiger partial charge in [-0.2, -0.15) is 0 Å². The van der Waals surface area contributed by atoms with Gasteiger partial charge in [0.25, 0.3) is 0 Å². The van der Waals surface area contributed by atoms with E-state index in [-0.39, 0.29) is 17.1 Å². The maximum absolute atomic E-state index is 12.1. The van der Waals surface area contributed by atoms with E-state index in [4.69, 9.17) is 4.74 Å². The van der Waals surface area contributed by atoms with Crippen molar-refractivity contribution >= 4 is 15.8 Å². The normalized spacial score (nSPS) is 11.1. The molecule has 0 aromatic heterocycles. The summed E-state index contributed by atoms with van der Waals surface area (Å²) in [6, 6.07) is 13.6. The number of rotatable bonds is 4. The van der Waals surface area contributed by atoms with Crippen molar-refractivity contribution in [2.75, 3.05) is 6.26 Å². The molecule has 2 aromatic rings. The highest BCUT2D eigenvalue weighted by molar-refractivity contribution is 7.90. The number of hydrogen-bond acceptors (Lipinski definition) is 4. The van der Waals surface area contributed by atoms with Crippen LogP contribution in [0.3, 0.4) is 0 Å². The minimum atomic E-state index is -3.47. The fourth-order valence-electron chi connectivity index (χ4n) is 1.87. The summed E-state index contributed by atoms with van der Waals surface area (Å²) < 4.78 is 28.5. The molecule has 0 N–H and O–H groups in total. The molecule has 0 saturated heterocycles. The van der Waals surface area contributed by atoms with Crippen molar-refractivity contribution < 1.29 is 17.9 Å². The molecule has 0 saturated carbocycles. The van der Waals surface area contributed by atoms with Gasteiger partial charge in [0.1, 0.15) is 6.61 Å². The van der Waals surface area contributed by atoms with Crippen LogP contribution in [0.4, 0.5) is 0 Å². The van der Waals surface area contributed by atoms with Crippen LogP contribution in [0.5, 0.6) is 0 Å². The summed E-state index contributed by atoms with van der Waals surface area (Å²) in [5, 5.41) is 0. The zero-order valence-corrected chi connectivity index (χ0v) is 12.7. The zero-order valence-electron chi connectivity index (χ0n) is 11.9. The summed E-state index contributed by atoms with van der Waals surface area (Å²) in [5.74, 6) is -0.642. The monoisotopic (exact) mass is 304 g/mol. The van der Waals surface area contributed by atoms with Gasteiger partial charge in [-0.1, -0.05) is 42.0 Å². The Hall–Kier alpha value is -2.14. The predicted octanol–water partition coefficient (Wildman–Crippen LogP) is 2.76. The van der Waals surface area contributed by atoms with Crippen molar-refractivity contribution in [1.82, 2.24) is 0 Å². The Morgan fingerprint density at radius 1 is 1.05 bits per heavy atom. The van der Waals surface area contributed by atoms with Gasteiger partial charge in [-0.05, 0) is 24.6 Å². The first kappa shape index (κ1) is 15.3. The first-order valence-electron chi connectivity index (χ1n) is 6.39. The van der Waals surface area contributed by atoms with Gasteiger partial charge >= 0.3 is 5.97 Å². The number of carbonyl (C=O) groups excluding carboxylic acids is 1. The zero-order chi connectivity index (χ0) is 15.5. The van der Waals surface area contributed by atoms with Crippen LogP contribution in [0.25, 0.3) is 0 Å². The molecule has 0 bridgehead atoms. The predicted molar refractivity (Wildman–Crippen MR) is 79.9 cm³/mol. The molecule has 0 aliphatic rings. The second kappa shape index (κ2) is 6.10. The maximum Gasteiger partial charge on any atom is 0.339 e. The molecular formula is C16H16O4S. The molecular weight excluding hydrogens is 288 g/mol. The number of hydrogen-bond donors (Lipinski definition) is 0. The van der Waals surface area contributed by atoms with Gasteiger partial charge in [0, 0.05) is 6.26 Å². The highest BCUT2D eigenvalue weighted by Gasteiger charge is 2.19. The van der Waals surface area contributed by atoms with E-state index in [2.05, 4.69) is 0 Å². The molecule has 0 aliphatic heterocycles. The maximum atomic E-state index is 12.1. The van der Waals surface area contributed by atoms with Crippen LogP contribution in [-0.2, 0) is 21.2 Å². The van der Waals surface area contributed by atoms with Crippen molar-refractivity contribution in [3.8, 4) is 0 Å². The van der Waals surface area contributed by atoms with Crippen LogP contribution in [-0.4, -0.2) is 20.6 Å². The van der Waals surface area contributed by atoms with Crippen molar-refractivity contribution in [2.24, 2.45) is 0 Å². The summed E-state index contributed by atoms with van der Waals surface area (Å²) >= 11 is 0. The first-order chi connectivity index (χ1) is 9.88. The summed E-state index contributed by atoms with van der Waals surface area (Å²) in [6.07, 6.45) is 1.07. The first-order valence-corrected chi connectivity index (χ1v) is 8.29. The van der Waals surface area contributed by atoms with E-state index in [1.165, 1.54) is 12.1 Å². The SMILES string of the molecule is Cc1ccc(COC(=O)c2ccccc2S(C)(=O)=O)cc1. The lowest BCUT2D eigenvalue weighted by Crippen LogP contribution is -2.11. The lowest BCUT2D eigenvalue weighted by Gasteiger charge is -2.08. The lowest BCUT2D eigenvalue weighted by atomic mass is 10.2. The highest BCUT2D eigenvalue weighted by Crippen LogP contribution is 2.17. The van der Waals surface area contributed by atoms with Crippen molar-refractivity contribution in [1.29, 1.82) is 0 Å². The summed E-state index contributed by atoms with van der Waals surface area (Å²) in [6.45, 7) is 2.08. The van der Waals surface area contributed by atoms with Gasteiger partial charge in [0.05, 0.1) is 10.5 Å². The number of ether oxygens (including phenoxy) is 1. The minimum Gasteiger partial charge on any atom is -0.457 e. The number of aryl methyl sites for hydroxylation is 1. The Balaban J connectivity index is 2.16. The second-order valence-electron chi connectivity index (χ2n) is 4.83. The third kappa shape index (κ3) is 3.92. The second-order valence-corrected chi connectivity index (χ2v) is 6.81. The van der Waals surface area contributed by atoms with Crippen LogP contribution < -0.4 is 0 Å². The average Bonchev–Trinajstić information content (AvgIpc) is 2.45.